The summed E-state index contributed by atoms with van der Waals surface area (Å²) in [5.41, 5.74) is 7.19. The topological polar surface area (TPSA) is 72.2 Å². The molecule has 0 bridgehead atoms. The monoisotopic (exact) mass is 296 g/mol. The number of nitrogens with one attached hydrogen (secondary N) is 1. The van der Waals surface area contributed by atoms with E-state index in [1.807, 2.05) is 0 Å². The second-order valence-corrected chi connectivity index (χ2v) is 6.23. The van der Waals surface area contributed by atoms with E-state index in [4.69, 9.17) is 17.3 Å². The Kier molecular flexibility index (Phi) is 3.97. The maximum atomic E-state index is 12.0. The standard InChI is InChI=1S/C13H13ClN2O2S/c14-11-5-3-6-12(8-11)16-19(17,18)9-10-4-1-2-7-13(10)15/h1-8,16H,9,15H2. The van der Waals surface area contributed by atoms with Gasteiger partial charge < -0.3 is 5.73 Å². The molecule has 0 aliphatic rings. The summed E-state index contributed by atoms with van der Waals surface area (Å²) in [6.45, 7) is 0. The van der Waals surface area contributed by atoms with Crippen LogP contribution in [0.3, 0.4) is 0 Å². The van der Waals surface area contributed by atoms with E-state index in [-0.39, 0.29) is 5.75 Å². The first kappa shape index (κ1) is 13.7. The van der Waals surface area contributed by atoms with Gasteiger partial charge in [-0.3, -0.25) is 4.72 Å². The molecule has 4 nitrogen and oxygen atoms in total. The van der Waals surface area contributed by atoms with Crippen LogP contribution in [0.1, 0.15) is 5.56 Å². The van der Waals surface area contributed by atoms with Gasteiger partial charge in [0.2, 0.25) is 10.0 Å². The zero-order valence-corrected chi connectivity index (χ0v) is 11.6. The summed E-state index contributed by atoms with van der Waals surface area (Å²) in [4.78, 5) is 0. The molecule has 2 aromatic rings. The number of nitrogens with two attached hydrogens (primary N) is 1. The Labute approximate surface area is 117 Å². The van der Waals surface area contributed by atoms with Gasteiger partial charge in [-0.15, -0.1) is 0 Å². The minimum absolute atomic E-state index is 0.174. The average molecular weight is 297 g/mol. The number of nitrogen functional groups attached to an aromatic ring is 1. The minimum Gasteiger partial charge on any atom is -0.398 e. The maximum Gasteiger partial charge on any atom is 0.236 e. The molecule has 2 aromatic carbocycles. The van der Waals surface area contributed by atoms with Gasteiger partial charge in [0.1, 0.15) is 0 Å². The molecule has 0 fully saturated rings. The first-order chi connectivity index (χ1) is 8.96. The molecule has 6 heteroatoms. The Balaban J connectivity index is 2.18. The van der Waals surface area contributed by atoms with E-state index in [0.717, 1.165) is 0 Å². The van der Waals surface area contributed by atoms with E-state index in [0.29, 0.717) is 22.0 Å². The molecule has 0 aromatic heterocycles. The third kappa shape index (κ3) is 3.87. The van der Waals surface area contributed by atoms with E-state index in [1.54, 1.807) is 48.5 Å². The Bertz CT molecular complexity index is 687. The highest BCUT2D eigenvalue weighted by molar-refractivity contribution is 7.91. The van der Waals surface area contributed by atoms with Gasteiger partial charge in [0.05, 0.1) is 5.75 Å². The van der Waals surface area contributed by atoms with E-state index in [2.05, 4.69) is 4.72 Å². The van der Waals surface area contributed by atoms with Gasteiger partial charge in [-0.2, -0.15) is 0 Å². The fourth-order valence-electron chi connectivity index (χ4n) is 1.64. The fraction of sp³-hybridized carbons (Fsp3) is 0.0769. The predicted octanol–water partition coefficient (Wildman–Crippen LogP) is 2.86. The highest BCUT2D eigenvalue weighted by atomic mass is 35.5. The lowest BCUT2D eigenvalue weighted by Gasteiger charge is -2.09. The van der Waals surface area contributed by atoms with Gasteiger partial charge in [-0.25, -0.2) is 8.42 Å². The highest BCUT2D eigenvalue weighted by Gasteiger charge is 2.13. The molecule has 0 aliphatic carbocycles. The Morgan fingerprint density at radius 3 is 2.53 bits per heavy atom. The quantitative estimate of drug-likeness (QED) is 0.852. The lowest BCUT2D eigenvalue weighted by molar-refractivity contribution is 0.600. The molecule has 0 radical (unpaired) electrons. The van der Waals surface area contributed by atoms with Crippen LogP contribution in [0.2, 0.25) is 5.02 Å². The molecule has 0 unspecified atom stereocenters. The summed E-state index contributed by atoms with van der Waals surface area (Å²) in [6, 6.07) is 13.4. The van der Waals surface area contributed by atoms with Crippen LogP contribution in [0.25, 0.3) is 0 Å². The number of sulfonamides is 1. The van der Waals surface area contributed by atoms with Crippen LogP contribution in [0.5, 0.6) is 0 Å². The Morgan fingerprint density at radius 1 is 1.11 bits per heavy atom. The highest BCUT2D eigenvalue weighted by Crippen LogP contribution is 2.19. The van der Waals surface area contributed by atoms with Crippen molar-refractivity contribution >= 4 is 33.0 Å². The largest absolute Gasteiger partial charge is 0.398 e. The van der Waals surface area contributed by atoms with Gasteiger partial charge in [0.15, 0.2) is 0 Å². The van der Waals surface area contributed by atoms with Crippen LogP contribution in [-0.2, 0) is 15.8 Å². The summed E-state index contributed by atoms with van der Waals surface area (Å²) >= 11 is 5.80. The van der Waals surface area contributed by atoms with Crippen molar-refractivity contribution in [1.82, 2.24) is 0 Å². The van der Waals surface area contributed by atoms with Crippen molar-refractivity contribution < 1.29 is 8.42 Å². The smallest absolute Gasteiger partial charge is 0.236 e. The molecule has 0 atom stereocenters. The minimum atomic E-state index is -3.52. The van der Waals surface area contributed by atoms with Crippen LogP contribution in [-0.4, -0.2) is 8.42 Å². The van der Waals surface area contributed by atoms with Crippen LogP contribution in [0, 0.1) is 0 Å². The summed E-state index contributed by atoms with van der Waals surface area (Å²) in [7, 11) is -3.52. The zero-order chi connectivity index (χ0) is 13.9. The number of benzene rings is 2. The maximum absolute atomic E-state index is 12.0. The van der Waals surface area contributed by atoms with E-state index in [1.165, 1.54) is 0 Å². The first-order valence-electron chi connectivity index (χ1n) is 5.56. The average Bonchev–Trinajstić information content (AvgIpc) is 2.31. The molecular weight excluding hydrogens is 284 g/mol. The van der Waals surface area contributed by atoms with Crippen molar-refractivity contribution in [2.45, 2.75) is 5.75 Å². The molecule has 0 spiro atoms. The van der Waals surface area contributed by atoms with Crippen LogP contribution >= 0.6 is 11.6 Å². The van der Waals surface area contributed by atoms with E-state index >= 15 is 0 Å². The number of hydrogen-bond acceptors (Lipinski definition) is 3. The van der Waals surface area contributed by atoms with E-state index < -0.39 is 10.0 Å². The number of halogens is 1. The van der Waals surface area contributed by atoms with Gasteiger partial charge in [-0.1, -0.05) is 35.9 Å². The second-order valence-electron chi connectivity index (χ2n) is 4.07. The number of rotatable bonds is 4. The van der Waals surface area contributed by atoms with Gasteiger partial charge in [0.25, 0.3) is 0 Å². The Hall–Kier alpha value is -1.72. The molecular formula is C13H13ClN2O2S. The third-order valence-corrected chi connectivity index (χ3v) is 3.97. The normalized spacial score (nSPS) is 11.2. The van der Waals surface area contributed by atoms with Crippen molar-refractivity contribution in [3.05, 3.63) is 59.1 Å². The van der Waals surface area contributed by atoms with Crippen molar-refractivity contribution in [2.75, 3.05) is 10.5 Å². The predicted molar refractivity (Wildman–Crippen MR) is 78.6 cm³/mol. The molecule has 0 saturated carbocycles. The summed E-state index contributed by atoms with van der Waals surface area (Å²) in [5, 5.41) is 0.472. The van der Waals surface area contributed by atoms with Gasteiger partial charge in [-0.05, 0) is 29.8 Å². The van der Waals surface area contributed by atoms with Crippen molar-refractivity contribution in [1.29, 1.82) is 0 Å². The molecule has 100 valence electrons. The lowest BCUT2D eigenvalue weighted by atomic mass is 10.2. The van der Waals surface area contributed by atoms with Crippen LogP contribution < -0.4 is 10.5 Å². The number of para-hydroxylation sites is 1. The molecule has 0 amide bonds. The Morgan fingerprint density at radius 2 is 1.84 bits per heavy atom. The molecule has 3 N–H and O–H groups in total. The summed E-state index contributed by atoms with van der Waals surface area (Å²) in [6.07, 6.45) is 0. The molecule has 2 rings (SSSR count). The van der Waals surface area contributed by atoms with Crippen LogP contribution in [0.15, 0.2) is 48.5 Å². The van der Waals surface area contributed by atoms with Crippen molar-refractivity contribution in [2.24, 2.45) is 0 Å². The lowest BCUT2D eigenvalue weighted by Crippen LogP contribution is -2.15. The van der Waals surface area contributed by atoms with Crippen molar-refractivity contribution in [3.8, 4) is 0 Å². The molecule has 19 heavy (non-hydrogen) atoms. The second kappa shape index (κ2) is 5.50. The molecule has 0 saturated heterocycles. The molecule has 0 heterocycles. The SMILES string of the molecule is Nc1ccccc1CS(=O)(=O)Nc1cccc(Cl)c1. The number of anilines is 2. The van der Waals surface area contributed by atoms with Crippen LogP contribution in [0.4, 0.5) is 11.4 Å². The summed E-state index contributed by atoms with van der Waals surface area (Å²) < 4.78 is 26.5. The third-order valence-electron chi connectivity index (χ3n) is 2.50. The zero-order valence-electron chi connectivity index (χ0n) is 10.0. The summed E-state index contributed by atoms with van der Waals surface area (Å²) in [5.74, 6) is -0.174. The molecule has 0 aliphatic heterocycles. The van der Waals surface area contributed by atoms with E-state index in [9.17, 15) is 8.42 Å². The van der Waals surface area contributed by atoms with Crippen molar-refractivity contribution in [3.63, 3.8) is 0 Å². The first-order valence-corrected chi connectivity index (χ1v) is 7.59. The fourth-order valence-corrected chi connectivity index (χ4v) is 3.06. The van der Waals surface area contributed by atoms with Gasteiger partial charge in [0, 0.05) is 16.4 Å². The number of hydrogen-bond donors (Lipinski definition) is 2. The van der Waals surface area contributed by atoms with Gasteiger partial charge >= 0.3 is 0 Å².